The average molecular weight is 388 g/mol. The van der Waals surface area contributed by atoms with Crippen LogP contribution in [0.2, 0.25) is 0 Å². The number of rotatable bonds is 6. The predicted octanol–water partition coefficient (Wildman–Crippen LogP) is 4.13. The second-order valence-corrected chi connectivity index (χ2v) is 6.27. The number of carbonyl (C=O) groups excluding carboxylic acids is 1. The molecule has 3 aromatic carbocycles. The second kappa shape index (κ2) is 8.35. The van der Waals surface area contributed by atoms with E-state index < -0.39 is 0 Å². The van der Waals surface area contributed by atoms with Crippen molar-refractivity contribution in [1.82, 2.24) is 20.1 Å². The molecule has 4 aromatic rings. The first-order valence-corrected chi connectivity index (χ1v) is 8.93. The molecular formula is C22H17FN4O2. The lowest BCUT2D eigenvalue weighted by Gasteiger charge is -2.08. The Balaban J connectivity index is 1.32. The number of nitrogens with one attached hydrogen (secondary N) is 1. The molecular weight excluding hydrogens is 371 g/mol. The van der Waals surface area contributed by atoms with Gasteiger partial charge in [0, 0.05) is 12.1 Å². The summed E-state index contributed by atoms with van der Waals surface area (Å²) in [5.41, 5.74) is 2.32. The number of carbonyl (C=O) groups is 1. The molecule has 0 saturated heterocycles. The van der Waals surface area contributed by atoms with Gasteiger partial charge in [0.05, 0.1) is 5.69 Å². The van der Waals surface area contributed by atoms with Crippen LogP contribution in [0.15, 0.2) is 85.5 Å². The Morgan fingerprint density at radius 3 is 2.21 bits per heavy atom. The lowest BCUT2D eigenvalue weighted by molar-refractivity contribution is 0.0951. The fraction of sp³-hybridized carbons (Fsp3) is 0.0455. The minimum absolute atomic E-state index is 0.165. The molecule has 0 aliphatic heterocycles. The Morgan fingerprint density at radius 1 is 0.931 bits per heavy atom. The predicted molar refractivity (Wildman–Crippen MR) is 105 cm³/mol. The molecule has 0 aliphatic rings. The molecule has 6 nitrogen and oxygen atoms in total. The van der Waals surface area contributed by atoms with Crippen LogP contribution in [0.3, 0.4) is 0 Å². The van der Waals surface area contributed by atoms with Gasteiger partial charge in [-0.3, -0.25) is 4.79 Å². The van der Waals surface area contributed by atoms with Crippen molar-refractivity contribution < 1.29 is 13.9 Å². The molecule has 0 unspecified atom stereocenters. The van der Waals surface area contributed by atoms with Crippen LogP contribution < -0.4 is 10.1 Å². The summed E-state index contributed by atoms with van der Waals surface area (Å²) in [6, 6.07) is 20.3. The van der Waals surface area contributed by atoms with Gasteiger partial charge in [-0.05, 0) is 66.2 Å². The van der Waals surface area contributed by atoms with Gasteiger partial charge in [0.2, 0.25) is 0 Å². The number of ether oxygens (including phenoxy) is 1. The van der Waals surface area contributed by atoms with Gasteiger partial charge in [-0.2, -0.15) is 5.10 Å². The van der Waals surface area contributed by atoms with Crippen LogP contribution in [0, 0.1) is 5.82 Å². The van der Waals surface area contributed by atoms with Crippen molar-refractivity contribution in [2.75, 3.05) is 0 Å². The highest BCUT2D eigenvalue weighted by Gasteiger charge is 2.06. The summed E-state index contributed by atoms with van der Waals surface area (Å²) in [5, 5.41) is 6.94. The molecule has 0 aliphatic carbocycles. The van der Waals surface area contributed by atoms with E-state index in [1.54, 1.807) is 47.4 Å². The van der Waals surface area contributed by atoms with Gasteiger partial charge in [0.15, 0.2) is 0 Å². The van der Waals surface area contributed by atoms with Crippen LogP contribution in [0.4, 0.5) is 4.39 Å². The lowest BCUT2D eigenvalue weighted by Crippen LogP contribution is -2.22. The summed E-state index contributed by atoms with van der Waals surface area (Å²) >= 11 is 0. The number of hydrogen-bond donors (Lipinski definition) is 1. The molecule has 0 radical (unpaired) electrons. The van der Waals surface area contributed by atoms with E-state index in [9.17, 15) is 9.18 Å². The summed E-state index contributed by atoms with van der Waals surface area (Å²) in [6.45, 7) is 0.389. The Hall–Kier alpha value is -4.00. The van der Waals surface area contributed by atoms with Gasteiger partial charge in [-0.1, -0.05) is 12.1 Å². The van der Waals surface area contributed by atoms with Crippen molar-refractivity contribution in [3.8, 4) is 17.2 Å². The molecule has 144 valence electrons. The zero-order chi connectivity index (χ0) is 20.1. The van der Waals surface area contributed by atoms with Crippen LogP contribution >= 0.6 is 0 Å². The van der Waals surface area contributed by atoms with Gasteiger partial charge in [0.25, 0.3) is 5.91 Å². The number of hydrogen-bond acceptors (Lipinski definition) is 4. The lowest BCUT2D eigenvalue weighted by atomic mass is 10.1. The van der Waals surface area contributed by atoms with Crippen molar-refractivity contribution in [2.45, 2.75) is 6.54 Å². The van der Waals surface area contributed by atoms with Gasteiger partial charge in [0.1, 0.15) is 30.0 Å². The molecule has 0 fully saturated rings. The quantitative estimate of drug-likeness (QED) is 0.539. The minimum Gasteiger partial charge on any atom is -0.457 e. The van der Waals surface area contributed by atoms with E-state index in [1.807, 2.05) is 24.3 Å². The molecule has 7 heteroatoms. The molecule has 1 heterocycles. The van der Waals surface area contributed by atoms with Crippen molar-refractivity contribution in [2.24, 2.45) is 0 Å². The molecule has 0 bridgehead atoms. The number of aromatic nitrogens is 3. The molecule has 0 atom stereocenters. The first-order chi connectivity index (χ1) is 14.2. The van der Waals surface area contributed by atoms with E-state index in [1.165, 1.54) is 18.5 Å². The second-order valence-electron chi connectivity index (χ2n) is 6.27. The van der Waals surface area contributed by atoms with E-state index in [4.69, 9.17) is 4.74 Å². The normalized spacial score (nSPS) is 10.5. The van der Waals surface area contributed by atoms with E-state index in [2.05, 4.69) is 15.4 Å². The number of benzene rings is 3. The fourth-order valence-corrected chi connectivity index (χ4v) is 2.71. The van der Waals surface area contributed by atoms with E-state index >= 15 is 0 Å². The summed E-state index contributed by atoms with van der Waals surface area (Å²) in [5.74, 6) is 0.718. The highest BCUT2D eigenvalue weighted by Crippen LogP contribution is 2.21. The maximum absolute atomic E-state index is 12.9. The van der Waals surface area contributed by atoms with Crippen LogP contribution in [-0.4, -0.2) is 20.7 Å². The van der Waals surface area contributed by atoms with E-state index in [-0.39, 0.29) is 11.7 Å². The molecule has 1 aromatic heterocycles. The number of nitrogens with zero attached hydrogens (tertiary/aromatic N) is 3. The van der Waals surface area contributed by atoms with Crippen molar-refractivity contribution in [3.63, 3.8) is 0 Å². The third-order valence-corrected chi connectivity index (χ3v) is 4.24. The van der Waals surface area contributed by atoms with Crippen LogP contribution in [0.1, 0.15) is 15.9 Å². The monoisotopic (exact) mass is 388 g/mol. The van der Waals surface area contributed by atoms with E-state index in [0.717, 1.165) is 11.3 Å². The zero-order valence-electron chi connectivity index (χ0n) is 15.3. The minimum atomic E-state index is -0.309. The van der Waals surface area contributed by atoms with Gasteiger partial charge >= 0.3 is 0 Å². The van der Waals surface area contributed by atoms with Crippen molar-refractivity contribution in [1.29, 1.82) is 0 Å². The van der Waals surface area contributed by atoms with Crippen molar-refractivity contribution in [3.05, 3.63) is 102 Å². The number of amides is 1. The Labute approximate surface area is 166 Å². The molecule has 0 saturated carbocycles. The first kappa shape index (κ1) is 18.4. The molecule has 29 heavy (non-hydrogen) atoms. The Morgan fingerprint density at radius 2 is 1.59 bits per heavy atom. The summed E-state index contributed by atoms with van der Waals surface area (Å²) in [6.07, 6.45) is 3.05. The van der Waals surface area contributed by atoms with Gasteiger partial charge in [-0.25, -0.2) is 14.1 Å². The van der Waals surface area contributed by atoms with E-state index in [0.29, 0.717) is 23.6 Å². The van der Waals surface area contributed by atoms with Gasteiger partial charge < -0.3 is 10.1 Å². The topological polar surface area (TPSA) is 69.0 Å². The molecule has 4 rings (SSSR count). The molecule has 1 amide bonds. The SMILES string of the molecule is O=C(NCc1ccc(Oc2ccc(F)cc2)cc1)c1ccc(-n2cncn2)cc1. The smallest absolute Gasteiger partial charge is 0.251 e. The molecule has 1 N–H and O–H groups in total. The highest BCUT2D eigenvalue weighted by atomic mass is 19.1. The highest BCUT2D eigenvalue weighted by molar-refractivity contribution is 5.94. The zero-order valence-corrected chi connectivity index (χ0v) is 15.3. The summed E-state index contributed by atoms with van der Waals surface area (Å²) < 4.78 is 20.2. The van der Waals surface area contributed by atoms with Crippen molar-refractivity contribution >= 4 is 5.91 Å². The van der Waals surface area contributed by atoms with Crippen LogP contribution in [0.25, 0.3) is 5.69 Å². The number of halogens is 1. The summed E-state index contributed by atoms with van der Waals surface area (Å²) in [4.78, 5) is 16.3. The van der Waals surface area contributed by atoms with Gasteiger partial charge in [-0.15, -0.1) is 0 Å². The first-order valence-electron chi connectivity index (χ1n) is 8.93. The Kier molecular flexibility index (Phi) is 5.29. The Bertz CT molecular complexity index is 1080. The molecule has 0 spiro atoms. The summed E-state index contributed by atoms with van der Waals surface area (Å²) in [7, 11) is 0. The third-order valence-electron chi connectivity index (χ3n) is 4.24. The average Bonchev–Trinajstić information content (AvgIpc) is 3.30. The fourth-order valence-electron chi connectivity index (χ4n) is 2.71. The maximum Gasteiger partial charge on any atom is 0.251 e. The van der Waals surface area contributed by atoms with Crippen LogP contribution in [0.5, 0.6) is 11.5 Å². The standard InChI is InChI=1S/C22H17FN4O2/c23-18-5-11-21(12-6-18)29-20-9-1-16(2-10-20)13-25-22(28)17-3-7-19(8-4-17)27-15-24-14-26-27/h1-12,14-15H,13H2,(H,25,28). The largest absolute Gasteiger partial charge is 0.457 e. The van der Waals surface area contributed by atoms with Crippen LogP contribution in [-0.2, 0) is 6.54 Å². The maximum atomic E-state index is 12.9. The third kappa shape index (κ3) is 4.65.